The molecule has 1 aromatic heterocycles. The molecule has 0 radical (unpaired) electrons. The third-order valence-electron chi connectivity index (χ3n) is 3.78. The van der Waals surface area contributed by atoms with Crippen LogP contribution in [0.15, 0.2) is 29.6 Å². The number of nitrogens with zero attached hydrogens (tertiary/aromatic N) is 2. The number of amides is 1. The number of methoxy groups -OCH3 is 1. The molecule has 1 saturated heterocycles. The molecule has 0 spiro atoms. The minimum absolute atomic E-state index is 0.0393. The summed E-state index contributed by atoms with van der Waals surface area (Å²) in [4.78, 5) is 19.1. The maximum Gasteiger partial charge on any atom is 0.273 e. The predicted octanol–water partition coefficient (Wildman–Crippen LogP) is 2.73. The SMILES string of the molecule is COCc1nc(C(=O)N2CCNCC2c2cccc(Cl)c2)cs1. The maximum absolute atomic E-state index is 12.9. The lowest BCUT2D eigenvalue weighted by molar-refractivity contribution is 0.0628. The van der Waals surface area contributed by atoms with Gasteiger partial charge in [-0.2, -0.15) is 0 Å². The molecule has 1 aliphatic heterocycles. The molecule has 122 valence electrons. The lowest BCUT2D eigenvalue weighted by Crippen LogP contribution is -2.48. The van der Waals surface area contributed by atoms with Crippen LogP contribution in [0.3, 0.4) is 0 Å². The highest BCUT2D eigenvalue weighted by molar-refractivity contribution is 7.09. The van der Waals surface area contributed by atoms with Crippen molar-refractivity contribution in [2.75, 3.05) is 26.7 Å². The van der Waals surface area contributed by atoms with Crippen molar-refractivity contribution in [1.29, 1.82) is 0 Å². The van der Waals surface area contributed by atoms with Crippen molar-refractivity contribution < 1.29 is 9.53 Å². The molecule has 0 saturated carbocycles. The molecule has 1 atom stereocenters. The molecule has 0 bridgehead atoms. The first-order valence-electron chi connectivity index (χ1n) is 7.39. The van der Waals surface area contributed by atoms with Gasteiger partial charge in [-0.15, -0.1) is 11.3 Å². The molecule has 1 aromatic carbocycles. The molecular formula is C16H18ClN3O2S. The molecular weight excluding hydrogens is 334 g/mol. The van der Waals surface area contributed by atoms with Crippen LogP contribution in [-0.4, -0.2) is 42.5 Å². The van der Waals surface area contributed by atoms with Crippen LogP contribution in [0.2, 0.25) is 5.02 Å². The van der Waals surface area contributed by atoms with E-state index in [1.165, 1.54) is 11.3 Å². The minimum Gasteiger partial charge on any atom is -0.378 e. The van der Waals surface area contributed by atoms with Gasteiger partial charge in [0.15, 0.2) is 0 Å². The fourth-order valence-electron chi connectivity index (χ4n) is 2.71. The van der Waals surface area contributed by atoms with E-state index < -0.39 is 0 Å². The number of halogens is 1. The Morgan fingerprint density at radius 1 is 1.57 bits per heavy atom. The summed E-state index contributed by atoms with van der Waals surface area (Å²) in [6, 6.07) is 7.62. The van der Waals surface area contributed by atoms with Gasteiger partial charge in [-0.05, 0) is 17.7 Å². The Kier molecular flexibility index (Phi) is 5.27. The Bertz CT molecular complexity index is 691. The van der Waals surface area contributed by atoms with Gasteiger partial charge in [0, 0.05) is 37.1 Å². The van der Waals surface area contributed by atoms with E-state index in [0.717, 1.165) is 17.1 Å². The number of hydrogen-bond acceptors (Lipinski definition) is 5. The highest BCUT2D eigenvalue weighted by atomic mass is 35.5. The first kappa shape index (κ1) is 16.4. The highest BCUT2D eigenvalue weighted by Crippen LogP contribution is 2.26. The van der Waals surface area contributed by atoms with Crippen LogP contribution in [0.25, 0.3) is 0 Å². The molecule has 1 unspecified atom stereocenters. The van der Waals surface area contributed by atoms with Gasteiger partial charge in [-0.25, -0.2) is 4.98 Å². The van der Waals surface area contributed by atoms with Gasteiger partial charge in [-0.1, -0.05) is 23.7 Å². The molecule has 7 heteroatoms. The van der Waals surface area contributed by atoms with Gasteiger partial charge in [0.1, 0.15) is 10.7 Å². The molecule has 23 heavy (non-hydrogen) atoms. The smallest absolute Gasteiger partial charge is 0.273 e. The van der Waals surface area contributed by atoms with E-state index in [-0.39, 0.29) is 11.9 Å². The van der Waals surface area contributed by atoms with Gasteiger partial charge >= 0.3 is 0 Å². The number of nitrogens with one attached hydrogen (secondary N) is 1. The van der Waals surface area contributed by atoms with E-state index in [9.17, 15) is 4.79 Å². The van der Waals surface area contributed by atoms with E-state index in [1.807, 2.05) is 29.2 Å². The van der Waals surface area contributed by atoms with Crippen molar-refractivity contribution in [2.24, 2.45) is 0 Å². The monoisotopic (exact) mass is 351 g/mol. The summed E-state index contributed by atoms with van der Waals surface area (Å²) in [6.45, 7) is 2.56. The van der Waals surface area contributed by atoms with E-state index in [4.69, 9.17) is 16.3 Å². The summed E-state index contributed by atoms with van der Waals surface area (Å²) in [5.74, 6) is -0.0462. The van der Waals surface area contributed by atoms with Crippen LogP contribution in [0.5, 0.6) is 0 Å². The van der Waals surface area contributed by atoms with Crippen molar-refractivity contribution in [1.82, 2.24) is 15.2 Å². The first-order chi connectivity index (χ1) is 11.2. The Hall–Kier alpha value is -1.47. The number of thiazole rings is 1. The van der Waals surface area contributed by atoms with Crippen LogP contribution in [0.1, 0.15) is 27.1 Å². The number of rotatable bonds is 4. The van der Waals surface area contributed by atoms with E-state index in [0.29, 0.717) is 30.4 Å². The van der Waals surface area contributed by atoms with Gasteiger partial charge < -0.3 is 15.0 Å². The summed E-state index contributed by atoms with van der Waals surface area (Å²) >= 11 is 7.54. The number of carbonyl (C=O) groups is 1. The number of benzene rings is 1. The van der Waals surface area contributed by atoms with Gasteiger partial charge in [0.2, 0.25) is 0 Å². The number of ether oxygens (including phenoxy) is 1. The Morgan fingerprint density at radius 3 is 3.22 bits per heavy atom. The molecule has 1 amide bonds. The third kappa shape index (κ3) is 3.72. The molecule has 3 rings (SSSR count). The maximum atomic E-state index is 12.9. The molecule has 5 nitrogen and oxygen atoms in total. The Balaban J connectivity index is 1.84. The zero-order valence-corrected chi connectivity index (χ0v) is 14.4. The molecule has 1 fully saturated rings. The van der Waals surface area contributed by atoms with Gasteiger partial charge in [0.25, 0.3) is 5.91 Å². The molecule has 2 aromatic rings. The molecule has 1 N–H and O–H groups in total. The van der Waals surface area contributed by atoms with Crippen molar-refractivity contribution in [3.63, 3.8) is 0 Å². The zero-order chi connectivity index (χ0) is 16.2. The van der Waals surface area contributed by atoms with Crippen LogP contribution in [-0.2, 0) is 11.3 Å². The number of piperazine rings is 1. The summed E-state index contributed by atoms with van der Waals surface area (Å²) in [5.41, 5.74) is 1.52. The van der Waals surface area contributed by atoms with Crippen molar-refractivity contribution in [3.05, 3.63) is 50.9 Å². The number of aromatic nitrogens is 1. The average molecular weight is 352 g/mol. The normalized spacial score (nSPS) is 18.2. The van der Waals surface area contributed by atoms with Crippen LogP contribution < -0.4 is 5.32 Å². The fourth-order valence-corrected chi connectivity index (χ4v) is 3.64. The van der Waals surface area contributed by atoms with Gasteiger partial charge in [-0.3, -0.25) is 4.79 Å². The van der Waals surface area contributed by atoms with Crippen molar-refractivity contribution in [2.45, 2.75) is 12.6 Å². The molecule has 1 aliphatic rings. The highest BCUT2D eigenvalue weighted by Gasteiger charge is 2.29. The van der Waals surface area contributed by atoms with Crippen molar-refractivity contribution in [3.8, 4) is 0 Å². The summed E-state index contributed by atoms with van der Waals surface area (Å²) in [6.07, 6.45) is 0. The molecule has 2 heterocycles. The second-order valence-corrected chi connectivity index (χ2v) is 6.71. The van der Waals surface area contributed by atoms with Crippen LogP contribution in [0, 0.1) is 0 Å². The number of hydrogen-bond donors (Lipinski definition) is 1. The van der Waals surface area contributed by atoms with Crippen LogP contribution in [0.4, 0.5) is 0 Å². The van der Waals surface area contributed by atoms with Gasteiger partial charge in [0.05, 0.1) is 12.6 Å². The number of carbonyl (C=O) groups excluding carboxylic acids is 1. The lowest BCUT2D eigenvalue weighted by Gasteiger charge is -2.36. The van der Waals surface area contributed by atoms with Crippen LogP contribution >= 0.6 is 22.9 Å². The summed E-state index contributed by atoms with van der Waals surface area (Å²) in [7, 11) is 1.62. The Labute approximate surface area is 144 Å². The largest absolute Gasteiger partial charge is 0.378 e. The third-order valence-corrected chi connectivity index (χ3v) is 4.83. The molecule has 0 aliphatic carbocycles. The summed E-state index contributed by atoms with van der Waals surface area (Å²) < 4.78 is 5.07. The Morgan fingerprint density at radius 2 is 2.43 bits per heavy atom. The van der Waals surface area contributed by atoms with Crippen molar-refractivity contribution >= 4 is 28.8 Å². The topological polar surface area (TPSA) is 54.5 Å². The minimum atomic E-state index is -0.0462. The second-order valence-electron chi connectivity index (χ2n) is 5.33. The second kappa shape index (κ2) is 7.40. The first-order valence-corrected chi connectivity index (χ1v) is 8.65. The standard InChI is InChI=1S/C16H18ClN3O2S/c1-22-9-15-19-13(10-23-15)16(21)20-6-5-18-8-14(20)11-3-2-4-12(17)7-11/h2-4,7,10,14,18H,5-6,8-9H2,1H3. The average Bonchev–Trinajstić information content (AvgIpc) is 3.03. The summed E-state index contributed by atoms with van der Waals surface area (Å²) in [5, 5.41) is 6.63. The van der Waals surface area contributed by atoms with E-state index >= 15 is 0 Å². The lowest BCUT2D eigenvalue weighted by atomic mass is 10.0. The fraction of sp³-hybridized carbons (Fsp3) is 0.375. The predicted molar refractivity (Wildman–Crippen MR) is 90.9 cm³/mol. The van der Waals surface area contributed by atoms with E-state index in [2.05, 4.69) is 10.3 Å². The zero-order valence-electron chi connectivity index (χ0n) is 12.8. The van der Waals surface area contributed by atoms with E-state index in [1.54, 1.807) is 12.5 Å². The quantitative estimate of drug-likeness (QED) is 0.920.